The number of fused-ring (bicyclic) bond motifs is 2. The third kappa shape index (κ3) is 2.16. The van der Waals surface area contributed by atoms with Gasteiger partial charge in [-0.25, -0.2) is 14.8 Å². The molecule has 2 bridgehead atoms. The highest BCUT2D eigenvalue weighted by Gasteiger charge is 2.45. The molecule has 21 heavy (non-hydrogen) atoms. The summed E-state index contributed by atoms with van der Waals surface area (Å²) in [4.78, 5) is 24.1. The lowest BCUT2D eigenvalue weighted by molar-refractivity contribution is -0.0851. The number of carboxylic acids is 1. The van der Waals surface area contributed by atoms with Crippen molar-refractivity contribution in [3.05, 3.63) is 18.0 Å². The summed E-state index contributed by atoms with van der Waals surface area (Å²) in [5.74, 6) is -0.349. The fourth-order valence-corrected chi connectivity index (χ4v) is 3.69. The molecule has 3 aliphatic heterocycles. The molecule has 112 valence electrons. The minimum absolute atomic E-state index is 0.131. The molecule has 4 heterocycles. The van der Waals surface area contributed by atoms with E-state index < -0.39 is 5.97 Å². The summed E-state index contributed by atoms with van der Waals surface area (Å²) >= 11 is 0. The lowest BCUT2D eigenvalue weighted by Crippen LogP contribution is -2.62. The molecule has 0 aliphatic carbocycles. The number of piperazine rings is 1. The number of hydrogen-bond acceptors (Lipinski definition) is 6. The van der Waals surface area contributed by atoms with Gasteiger partial charge in [-0.2, -0.15) is 0 Å². The standard InChI is InChI=1S/C14H18N4O3/c19-13(20)9-3-15-14(16-4-9)17-5-10-1-2-11(6-17)18(10)12-7-21-8-12/h3-4,10-12H,1-2,5-8H2,(H,19,20). The van der Waals surface area contributed by atoms with E-state index in [4.69, 9.17) is 9.84 Å². The van der Waals surface area contributed by atoms with Crippen molar-refractivity contribution in [1.82, 2.24) is 14.9 Å². The van der Waals surface area contributed by atoms with E-state index in [1.165, 1.54) is 25.2 Å². The number of aromatic carboxylic acids is 1. The maximum Gasteiger partial charge on any atom is 0.338 e. The van der Waals surface area contributed by atoms with Crippen molar-refractivity contribution in [2.45, 2.75) is 31.0 Å². The van der Waals surface area contributed by atoms with Gasteiger partial charge in [-0.05, 0) is 12.8 Å². The summed E-state index contributed by atoms with van der Waals surface area (Å²) in [5.41, 5.74) is 0.131. The zero-order chi connectivity index (χ0) is 14.4. The van der Waals surface area contributed by atoms with E-state index in [9.17, 15) is 4.79 Å². The van der Waals surface area contributed by atoms with E-state index in [0.29, 0.717) is 24.1 Å². The summed E-state index contributed by atoms with van der Waals surface area (Å²) in [6.45, 7) is 3.55. The van der Waals surface area contributed by atoms with Gasteiger partial charge in [-0.3, -0.25) is 4.90 Å². The summed E-state index contributed by atoms with van der Waals surface area (Å²) in [6, 6.07) is 1.67. The predicted molar refractivity (Wildman–Crippen MR) is 74.5 cm³/mol. The molecule has 3 aliphatic rings. The largest absolute Gasteiger partial charge is 0.478 e. The third-order valence-corrected chi connectivity index (χ3v) is 4.75. The molecule has 0 radical (unpaired) electrons. The Bertz CT molecular complexity index is 532. The van der Waals surface area contributed by atoms with Crippen molar-refractivity contribution in [2.24, 2.45) is 0 Å². The number of carboxylic acid groups (broad SMARTS) is 1. The first kappa shape index (κ1) is 13.0. The highest BCUT2D eigenvalue weighted by molar-refractivity contribution is 5.86. The SMILES string of the molecule is O=C(O)c1cnc(N2CC3CCC(C2)N3C2COC2)nc1. The minimum Gasteiger partial charge on any atom is -0.478 e. The van der Waals surface area contributed by atoms with Crippen molar-refractivity contribution in [3.8, 4) is 0 Å². The second-order valence-electron chi connectivity index (χ2n) is 6.01. The van der Waals surface area contributed by atoms with Gasteiger partial charge in [0.15, 0.2) is 0 Å². The molecule has 1 aromatic rings. The average Bonchev–Trinajstić information content (AvgIpc) is 2.69. The quantitative estimate of drug-likeness (QED) is 0.853. The van der Waals surface area contributed by atoms with Gasteiger partial charge in [0.25, 0.3) is 0 Å². The van der Waals surface area contributed by atoms with Crippen LogP contribution in [0.15, 0.2) is 12.4 Å². The number of aromatic nitrogens is 2. The van der Waals surface area contributed by atoms with Gasteiger partial charge in [0.05, 0.1) is 24.8 Å². The normalized spacial score (nSPS) is 29.4. The van der Waals surface area contributed by atoms with Crippen molar-refractivity contribution in [2.75, 3.05) is 31.2 Å². The van der Waals surface area contributed by atoms with Crippen LogP contribution in [0.4, 0.5) is 5.95 Å². The fraction of sp³-hybridized carbons (Fsp3) is 0.643. The summed E-state index contributed by atoms with van der Waals surface area (Å²) in [5, 5.41) is 8.90. The monoisotopic (exact) mass is 290 g/mol. The minimum atomic E-state index is -0.989. The lowest BCUT2D eigenvalue weighted by Gasteiger charge is -2.47. The molecule has 3 fully saturated rings. The smallest absolute Gasteiger partial charge is 0.338 e. The number of ether oxygens (including phenoxy) is 1. The van der Waals surface area contributed by atoms with E-state index in [-0.39, 0.29) is 5.56 Å². The molecule has 1 aromatic heterocycles. The zero-order valence-electron chi connectivity index (χ0n) is 11.7. The Hall–Kier alpha value is -1.73. The van der Waals surface area contributed by atoms with E-state index in [1.54, 1.807) is 0 Å². The Balaban J connectivity index is 1.49. The molecule has 0 aromatic carbocycles. The second kappa shape index (κ2) is 4.92. The third-order valence-electron chi connectivity index (χ3n) is 4.75. The Morgan fingerprint density at radius 1 is 1.14 bits per heavy atom. The van der Waals surface area contributed by atoms with E-state index >= 15 is 0 Å². The Morgan fingerprint density at radius 2 is 1.76 bits per heavy atom. The van der Waals surface area contributed by atoms with E-state index in [0.717, 1.165) is 26.3 Å². The number of carbonyl (C=O) groups is 1. The Labute approximate surface area is 122 Å². The number of hydrogen-bond donors (Lipinski definition) is 1. The zero-order valence-corrected chi connectivity index (χ0v) is 11.7. The van der Waals surface area contributed by atoms with Crippen LogP contribution in [0.3, 0.4) is 0 Å². The highest BCUT2D eigenvalue weighted by Crippen LogP contribution is 2.34. The van der Waals surface area contributed by atoms with Gasteiger partial charge in [0.2, 0.25) is 5.95 Å². The molecular formula is C14H18N4O3. The number of nitrogens with zero attached hydrogens (tertiary/aromatic N) is 4. The van der Waals surface area contributed by atoms with E-state index in [2.05, 4.69) is 19.8 Å². The van der Waals surface area contributed by atoms with Gasteiger partial charge in [-0.1, -0.05) is 0 Å². The molecule has 0 spiro atoms. The maximum atomic E-state index is 10.8. The van der Waals surface area contributed by atoms with Crippen LogP contribution in [0.25, 0.3) is 0 Å². The van der Waals surface area contributed by atoms with Crippen molar-refractivity contribution >= 4 is 11.9 Å². The fourth-order valence-electron chi connectivity index (χ4n) is 3.69. The lowest BCUT2D eigenvalue weighted by atomic mass is 10.1. The van der Waals surface area contributed by atoms with Crippen LogP contribution in [0.5, 0.6) is 0 Å². The molecular weight excluding hydrogens is 272 g/mol. The van der Waals surface area contributed by atoms with Crippen LogP contribution in [0.1, 0.15) is 23.2 Å². The predicted octanol–water partition coefficient (Wildman–Crippen LogP) is 0.227. The van der Waals surface area contributed by atoms with Gasteiger partial charge in [0, 0.05) is 37.6 Å². The molecule has 2 atom stereocenters. The van der Waals surface area contributed by atoms with Crippen LogP contribution >= 0.6 is 0 Å². The van der Waals surface area contributed by atoms with Crippen molar-refractivity contribution < 1.29 is 14.6 Å². The number of rotatable bonds is 3. The van der Waals surface area contributed by atoms with Crippen LogP contribution in [0, 0.1) is 0 Å². The maximum absolute atomic E-state index is 10.8. The van der Waals surface area contributed by atoms with E-state index in [1.807, 2.05) is 0 Å². The van der Waals surface area contributed by atoms with Crippen molar-refractivity contribution in [3.63, 3.8) is 0 Å². The Morgan fingerprint density at radius 3 is 2.24 bits per heavy atom. The summed E-state index contributed by atoms with van der Waals surface area (Å²) in [7, 11) is 0. The van der Waals surface area contributed by atoms with Crippen LogP contribution in [-0.2, 0) is 4.74 Å². The van der Waals surface area contributed by atoms with Crippen LogP contribution < -0.4 is 4.90 Å². The molecule has 2 unspecified atom stereocenters. The molecule has 3 saturated heterocycles. The first-order chi connectivity index (χ1) is 10.2. The van der Waals surface area contributed by atoms with Gasteiger partial charge in [-0.15, -0.1) is 0 Å². The van der Waals surface area contributed by atoms with Crippen LogP contribution in [0.2, 0.25) is 0 Å². The molecule has 7 nitrogen and oxygen atoms in total. The highest BCUT2D eigenvalue weighted by atomic mass is 16.5. The van der Waals surface area contributed by atoms with Gasteiger partial charge >= 0.3 is 5.97 Å². The summed E-state index contributed by atoms with van der Waals surface area (Å²) < 4.78 is 5.32. The summed E-state index contributed by atoms with van der Waals surface area (Å²) in [6.07, 6.45) is 5.20. The van der Waals surface area contributed by atoms with Crippen molar-refractivity contribution in [1.29, 1.82) is 0 Å². The first-order valence-corrected chi connectivity index (χ1v) is 7.38. The molecule has 0 amide bonds. The molecule has 0 saturated carbocycles. The van der Waals surface area contributed by atoms with Gasteiger partial charge < -0.3 is 14.7 Å². The topological polar surface area (TPSA) is 78.8 Å². The molecule has 4 rings (SSSR count). The van der Waals surface area contributed by atoms with Crippen LogP contribution in [-0.4, -0.2) is 70.4 Å². The average molecular weight is 290 g/mol. The molecule has 1 N–H and O–H groups in total. The number of anilines is 1. The Kier molecular flexibility index (Phi) is 3.04. The molecule has 7 heteroatoms. The van der Waals surface area contributed by atoms with Gasteiger partial charge in [0.1, 0.15) is 0 Å². The second-order valence-corrected chi connectivity index (χ2v) is 6.01. The first-order valence-electron chi connectivity index (χ1n) is 7.38.